The van der Waals surface area contributed by atoms with E-state index in [1.807, 2.05) is 6.07 Å². The van der Waals surface area contributed by atoms with Crippen molar-refractivity contribution in [1.29, 1.82) is 5.26 Å². The molecule has 0 bridgehead atoms. The summed E-state index contributed by atoms with van der Waals surface area (Å²) in [5.74, 6) is 0.684. The highest BCUT2D eigenvalue weighted by Gasteiger charge is 2.19. The molecule has 1 unspecified atom stereocenters. The zero-order chi connectivity index (χ0) is 10.7. The Hall–Kier alpha value is -1.76. The second-order valence-electron chi connectivity index (χ2n) is 3.86. The van der Waals surface area contributed by atoms with Crippen LogP contribution in [0, 0.1) is 17.2 Å². The van der Waals surface area contributed by atoms with Crippen molar-refractivity contribution in [3.63, 3.8) is 0 Å². The highest BCUT2D eigenvalue weighted by Crippen LogP contribution is 2.22. The lowest BCUT2D eigenvalue weighted by Gasteiger charge is -2.31. The van der Waals surface area contributed by atoms with Gasteiger partial charge in [0.2, 0.25) is 0 Å². The first-order valence-electron chi connectivity index (χ1n) is 5.15. The number of anilines is 2. The van der Waals surface area contributed by atoms with Crippen molar-refractivity contribution in [1.82, 2.24) is 4.98 Å². The lowest BCUT2D eigenvalue weighted by molar-refractivity contribution is 0.493. The molecular weight excluding hydrogens is 188 g/mol. The normalized spacial score (nSPS) is 21.0. The number of hydrogen-bond donors (Lipinski definition) is 1. The van der Waals surface area contributed by atoms with Gasteiger partial charge in [-0.2, -0.15) is 5.26 Å². The molecule has 4 heteroatoms. The van der Waals surface area contributed by atoms with Crippen LogP contribution >= 0.6 is 0 Å². The summed E-state index contributed by atoms with van der Waals surface area (Å²) in [5.41, 5.74) is 6.59. The molecule has 0 amide bonds. The number of nitrogens with zero attached hydrogens (tertiary/aromatic N) is 3. The fraction of sp³-hybridized carbons (Fsp3) is 0.455. The average molecular weight is 202 g/mol. The Labute approximate surface area is 89.3 Å². The van der Waals surface area contributed by atoms with E-state index in [0.29, 0.717) is 5.82 Å². The van der Waals surface area contributed by atoms with Crippen molar-refractivity contribution in [3.05, 3.63) is 18.3 Å². The van der Waals surface area contributed by atoms with Crippen molar-refractivity contribution in [2.75, 3.05) is 23.7 Å². The highest BCUT2D eigenvalue weighted by molar-refractivity contribution is 5.48. The minimum absolute atomic E-state index is 0.149. The van der Waals surface area contributed by atoms with Crippen LogP contribution in [-0.2, 0) is 0 Å². The predicted molar refractivity (Wildman–Crippen MR) is 59.2 cm³/mol. The summed E-state index contributed by atoms with van der Waals surface area (Å²) in [6.07, 6.45) is 3.85. The summed E-state index contributed by atoms with van der Waals surface area (Å²) in [6.45, 7) is 1.81. The van der Waals surface area contributed by atoms with Crippen molar-refractivity contribution in [3.8, 4) is 6.07 Å². The number of piperidine rings is 1. The topological polar surface area (TPSA) is 65.9 Å². The second-order valence-corrected chi connectivity index (χ2v) is 3.86. The Morgan fingerprint density at radius 1 is 1.53 bits per heavy atom. The van der Waals surface area contributed by atoms with Crippen molar-refractivity contribution in [2.24, 2.45) is 5.92 Å². The van der Waals surface area contributed by atoms with Crippen molar-refractivity contribution >= 4 is 11.5 Å². The van der Waals surface area contributed by atoms with Crippen LogP contribution in [0.2, 0.25) is 0 Å². The van der Waals surface area contributed by atoms with E-state index in [1.54, 1.807) is 12.3 Å². The molecule has 1 aliphatic rings. The number of hydrogen-bond acceptors (Lipinski definition) is 4. The third-order valence-corrected chi connectivity index (χ3v) is 2.74. The van der Waals surface area contributed by atoms with Gasteiger partial charge in [-0.05, 0) is 25.0 Å². The molecule has 0 radical (unpaired) electrons. The zero-order valence-corrected chi connectivity index (χ0v) is 8.56. The summed E-state index contributed by atoms with van der Waals surface area (Å²) in [5, 5.41) is 8.89. The van der Waals surface area contributed by atoms with Gasteiger partial charge in [0, 0.05) is 13.1 Å². The molecule has 1 fully saturated rings. The standard InChI is InChI=1S/C11H14N4/c12-6-9-2-1-5-15(8-9)10-3-4-11(13)14-7-10/h3-4,7,9H,1-2,5,8H2,(H2,13,14). The second kappa shape index (κ2) is 4.18. The van der Waals surface area contributed by atoms with E-state index in [-0.39, 0.29) is 5.92 Å². The number of nitrogens with two attached hydrogens (primary N) is 1. The van der Waals surface area contributed by atoms with E-state index in [0.717, 1.165) is 31.6 Å². The van der Waals surface area contributed by atoms with Gasteiger partial charge < -0.3 is 10.6 Å². The molecule has 1 saturated heterocycles. The summed E-state index contributed by atoms with van der Waals surface area (Å²) in [6, 6.07) is 6.09. The molecular formula is C11H14N4. The summed E-state index contributed by atoms with van der Waals surface area (Å²) in [7, 11) is 0. The minimum Gasteiger partial charge on any atom is -0.384 e. The quantitative estimate of drug-likeness (QED) is 0.747. The molecule has 1 aromatic heterocycles. The molecule has 1 aliphatic heterocycles. The lowest BCUT2D eigenvalue weighted by atomic mass is 9.99. The molecule has 2 N–H and O–H groups in total. The van der Waals surface area contributed by atoms with E-state index in [1.165, 1.54) is 0 Å². The minimum atomic E-state index is 0.149. The number of nitriles is 1. The molecule has 0 aliphatic carbocycles. The van der Waals surface area contributed by atoms with Gasteiger partial charge in [0.05, 0.1) is 23.9 Å². The predicted octanol–water partition coefficient (Wildman–Crippen LogP) is 1.40. The maximum atomic E-state index is 8.89. The number of pyridine rings is 1. The Bertz CT molecular complexity index is 365. The van der Waals surface area contributed by atoms with Gasteiger partial charge in [-0.1, -0.05) is 0 Å². The zero-order valence-electron chi connectivity index (χ0n) is 8.56. The van der Waals surface area contributed by atoms with Crippen LogP contribution < -0.4 is 10.6 Å². The SMILES string of the molecule is N#CC1CCCN(c2ccc(N)nc2)C1. The van der Waals surface area contributed by atoms with Crippen LogP contribution in [0.5, 0.6) is 0 Å². The first-order valence-corrected chi connectivity index (χ1v) is 5.15. The van der Waals surface area contributed by atoms with Gasteiger partial charge in [0.15, 0.2) is 0 Å². The van der Waals surface area contributed by atoms with Crippen LogP contribution in [0.25, 0.3) is 0 Å². The van der Waals surface area contributed by atoms with Gasteiger partial charge in [-0.3, -0.25) is 0 Å². The molecule has 1 aromatic rings. The van der Waals surface area contributed by atoms with E-state index < -0.39 is 0 Å². The van der Waals surface area contributed by atoms with Gasteiger partial charge in [-0.15, -0.1) is 0 Å². The fourth-order valence-corrected chi connectivity index (χ4v) is 1.90. The Kier molecular flexibility index (Phi) is 2.72. The maximum absolute atomic E-state index is 8.89. The molecule has 1 atom stereocenters. The third kappa shape index (κ3) is 2.18. The molecule has 15 heavy (non-hydrogen) atoms. The largest absolute Gasteiger partial charge is 0.384 e. The maximum Gasteiger partial charge on any atom is 0.123 e. The fourth-order valence-electron chi connectivity index (χ4n) is 1.90. The molecule has 78 valence electrons. The van der Waals surface area contributed by atoms with E-state index >= 15 is 0 Å². The summed E-state index contributed by atoms with van der Waals surface area (Å²) >= 11 is 0. The molecule has 0 spiro atoms. The summed E-state index contributed by atoms with van der Waals surface area (Å²) in [4.78, 5) is 6.26. The number of nitrogen functional groups attached to an aromatic ring is 1. The van der Waals surface area contributed by atoms with Crippen molar-refractivity contribution < 1.29 is 0 Å². The molecule has 2 heterocycles. The van der Waals surface area contributed by atoms with E-state index in [9.17, 15) is 0 Å². The van der Waals surface area contributed by atoms with E-state index in [2.05, 4.69) is 16.0 Å². The van der Waals surface area contributed by atoms with Crippen LogP contribution in [0.3, 0.4) is 0 Å². The molecule has 0 saturated carbocycles. The third-order valence-electron chi connectivity index (χ3n) is 2.74. The van der Waals surface area contributed by atoms with Crippen LogP contribution in [0.4, 0.5) is 11.5 Å². The molecule has 2 rings (SSSR count). The van der Waals surface area contributed by atoms with E-state index in [4.69, 9.17) is 11.0 Å². The van der Waals surface area contributed by atoms with Gasteiger partial charge in [0.25, 0.3) is 0 Å². The van der Waals surface area contributed by atoms with Crippen LogP contribution in [-0.4, -0.2) is 18.1 Å². The van der Waals surface area contributed by atoms with Gasteiger partial charge in [-0.25, -0.2) is 4.98 Å². The van der Waals surface area contributed by atoms with Gasteiger partial charge in [0.1, 0.15) is 5.82 Å². The first-order chi connectivity index (χ1) is 7.29. The van der Waals surface area contributed by atoms with Crippen molar-refractivity contribution in [2.45, 2.75) is 12.8 Å². The Morgan fingerprint density at radius 2 is 2.40 bits per heavy atom. The molecule has 4 nitrogen and oxygen atoms in total. The first kappa shape index (κ1) is 9.78. The highest BCUT2D eigenvalue weighted by atomic mass is 15.1. The Balaban J connectivity index is 2.10. The summed E-state index contributed by atoms with van der Waals surface area (Å²) < 4.78 is 0. The van der Waals surface area contributed by atoms with Crippen LogP contribution in [0.15, 0.2) is 18.3 Å². The monoisotopic (exact) mass is 202 g/mol. The Morgan fingerprint density at radius 3 is 3.07 bits per heavy atom. The smallest absolute Gasteiger partial charge is 0.123 e. The number of rotatable bonds is 1. The molecule has 0 aromatic carbocycles. The van der Waals surface area contributed by atoms with Gasteiger partial charge >= 0.3 is 0 Å². The number of aromatic nitrogens is 1. The average Bonchev–Trinajstić information content (AvgIpc) is 2.30. The lowest BCUT2D eigenvalue weighted by Crippen LogP contribution is -2.34. The van der Waals surface area contributed by atoms with Crippen LogP contribution in [0.1, 0.15) is 12.8 Å².